The van der Waals surface area contributed by atoms with Crippen LogP contribution < -0.4 is 4.90 Å². The molecule has 0 aliphatic heterocycles. The zero-order chi connectivity index (χ0) is 14.4. The topological polar surface area (TPSA) is 40.6 Å². The van der Waals surface area contributed by atoms with Gasteiger partial charge in [-0.3, -0.25) is 9.59 Å². The van der Waals surface area contributed by atoms with Crippen molar-refractivity contribution < 1.29 is 9.59 Å². The first-order valence-electron chi connectivity index (χ1n) is 6.21. The minimum Gasteiger partial charge on any atom is -0.383 e. The van der Waals surface area contributed by atoms with Crippen molar-refractivity contribution in [3.63, 3.8) is 0 Å². The number of aldehydes is 1. The SMILES string of the molecule is CCN(C(C)=O)c1cccc(C(C=O)=CN(C)C)c1. The molecule has 0 aromatic heterocycles. The molecule has 1 amide bonds. The molecule has 0 radical (unpaired) electrons. The number of benzene rings is 1. The van der Waals surface area contributed by atoms with Gasteiger partial charge in [-0.05, 0) is 24.6 Å². The minimum absolute atomic E-state index is 0.0103. The van der Waals surface area contributed by atoms with Crippen LogP contribution in [0.3, 0.4) is 0 Å². The smallest absolute Gasteiger partial charge is 0.223 e. The van der Waals surface area contributed by atoms with Crippen molar-refractivity contribution >= 4 is 23.5 Å². The van der Waals surface area contributed by atoms with Gasteiger partial charge in [0.2, 0.25) is 5.91 Å². The van der Waals surface area contributed by atoms with Crippen LogP contribution in [0.4, 0.5) is 5.69 Å². The Morgan fingerprint density at radius 1 is 1.32 bits per heavy atom. The van der Waals surface area contributed by atoms with E-state index >= 15 is 0 Å². The third-order valence-electron chi connectivity index (χ3n) is 2.71. The highest BCUT2D eigenvalue weighted by Crippen LogP contribution is 2.21. The van der Waals surface area contributed by atoms with Gasteiger partial charge in [-0.1, -0.05) is 12.1 Å². The van der Waals surface area contributed by atoms with Crippen LogP contribution in [0.2, 0.25) is 0 Å². The van der Waals surface area contributed by atoms with Gasteiger partial charge < -0.3 is 9.80 Å². The van der Waals surface area contributed by atoms with Gasteiger partial charge >= 0.3 is 0 Å². The van der Waals surface area contributed by atoms with E-state index in [2.05, 4.69) is 0 Å². The highest BCUT2D eigenvalue weighted by atomic mass is 16.2. The summed E-state index contributed by atoms with van der Waals surface area (Å²) in [5.41, 5.74) is 2.20. The number of hydrogen-bond donors (Lipinski definition) is 0. The summed E-state index contributed by atoms with van der Waals surface area (Å²) in [6.45, 7) is 4.06. The van der Waals surface area contributed by atoms with Crippen molar-refractivity contribution in [1.82, 2.24) is 4.90 Å². The fraction of sp³-hybridized carbons (Fsp3) is 0.333. The van der Waals surface area contributed by atoms with Crippen molar-refractivity contribution in [3.8, 4) is 0 Å². The zero-order valence-electron chi connectivity index (χ0n) is 11.9. The number of amides is 1. The lowest BCUT2D eigenvalue weighted by Crippen LogP contribution is -2.27. The molecule has 0 saturated heterocycles. The average Bonchev–Trinajstić information content (AvgIpc) is 2.36. The lowest BCUT2D eigenvalue weighted by Gasteiger charge is -2.20. The highest BCUT2D eigenvalue weighted by molar-refractivity contribution is 6.07. The monoisotopic (exact) mass is 260 g/mol. The Labute approximate surface area is 114 Å². The quantitative estimate of drug-likeness (QED) is 0.601. The summed E-state index contributed by atoms with van der Waals surface area (Å²) in [5.74, 6) is -0.0103. The van der Waals surface area contributed by atoms with E-state index in [1.54, 1.807) is 11.1 Å². The second-order valence-electron chi connectivity index (χ2n) is 4.48. The summed E-state index contributed by atoms with van der Waals surface area (Å²) >= 11 is 0. The standard InChI is InChI=1S/C15H20N2O2/c1-5-17(12(2)19)15-8-6-7-13(9-15)14(11-18)10-16(3)4/h6-11H,5H2,1-4H3. The molecule has 0 saturated carbocycles. The predicted octanol–water partition coefficient (Wildman–Crippen LogP) is 2.16. The largest absolute Gasteiger partial charge is 0.383 e. The van der Waals surface area contributed by atoms with Crippen LogP contribution in [0.25, 0.3) is 5.57 Å². The predicted molar refractivity (Wildman–Crippen MR) is 77.9 cm³/mol. The Bertz CT molecular complexity index is 493. The number of rotatable bonds is 5. The molecule has 0 spiro atoms. The molecule has 0 aliphatic carbocycles. The van der Waals surface area contributed by atoms with E-state index < -0.39 is 0 Å². The molecule has 0 atom stereocenters. The number of carbonyl (C=O) groups is 2. The van der Waals surface area contributed by atoms with E-state index in [4.69, 9.17) is 0 Å². The van der Waals surface area contributed by atoms with E-state index in [9.17, 15) is 9.59 Å². The van der Waals surface area contributed by atoms with Gasteiger partial charge in [0.05, 0.1) is 0 Å². The fourth-order valence-corrected chi connectivity index (χ4v) is 1.89. The Hall–Kier alpha value is -2.10. The molecule has 0 heterocycles. The molecule has 1 aromatic carbocycles. The van der Waals surface area contributed by atoms with Gasteiger partial charge in [0, 0.05) is 45.0 Å². The first kappa shape index (κ1) is 15.0. The van der Waals surface area contributed by atoms with Gasteiger partial charge in [-0.2, -0.15) is 0 Å². The van der Waals surface area contributed by atoms with Crippen LogP contribution in [0.5, 0.6) is 0 Å². The summed E-state index contributed by atoms with van der Waals surface area (Å²) in [5, 5.41) is 0. The van der Waals surface area contributed by atoms with Crippen LogP contribution in [0.1, 0.15) is 19.4 Å². The second kappa shape index (κ2) is 6.73. The normalized spacial score (nSPS) is 11.1. The third-order valence-corrected chi connectivity index (χ3v) is 2.71. The minimum atomic E-state index is -0.0103. The van der Waals surface area contributed by atoms with Crippen LogP contribution in [0, 0.1) is 0 Å². The molecule has 0 fully saturated rings. The molecular weight excluding hydrogens is 240 g/mol. The molecule has 0 bridgehead atoms. The van der Waals surface area contributed by atoms with Crippen molar-refractivity contribution in [1.29, 1.82) is 0 Å². The molecule has 0 unspecified atom stereocenters. The number of allylic oxidation sites excluding steroid dienone is 1. The van der Waals surface area contributed by atoms with Crippen molar-refractivity contribution in [2.75, 3.05) is 25.5 Å². The molecule has 0 aliphatic rings. The molecule has 1 aromatic rings. The number of hydrogen-bond acceptors (Lipinski definition) is 3. The molecule has 4 heteroatoms. The summed E-state index contributed by atoms with van der Waals surface area (Å²) < 4.78 is 0. The Morgan fingerprint density at radius 3 is 2.47 bits per heavy atom. The maximum Gasteiger partial charge on any atom is 0.223 e. The number of nitrogens with zero attached hydrogens (tertiary/aromatic N) is 2. The van der Waals surface area contributed by atoms with Gasteiger partial charge in [-0.25, -0.2) is 0 Å². The van der Waals surface area contributed by atoms with E-state index in [0.717, 1.165) is 17.5 Å². The summed E-state index contributed by atoms with van der Waals surface area (Å²) in [7, 11) is 3.72. The van der Waals surface area contributed by atoms with Crippen molar-refractivity contribution in [2.45, 2.75) is 13.8 Å². The highest BCUT2D eigenvalue weighted by Gasteiger charge is 2.10. The summed E-state index contributed by atoms with van der Waals surface area (Å²) in [4.78, 5) is 26.2. The van der Waals surface area contributed by atoms with E-state index in [1.165, 1.54) is 6.92 Å². The number of carbonyl (C=O) groups excluding carboxylic acids is 2. The lowest BCUT2D eigenvalue weighted by atomic mass is 10.1. The molecule has 19 heavy (non-hydrogen) atoms. The molecule has 1 rings (SSSR count). The van der Waals surface area contributed by atoms with E-state index in [0.29, 0.717) is 12.1 Å². The molecule has 0 N–H and O–H groups in total. The van der Waals surface area contributed by atoms with Gasteiger partial charge in [-0.15, -0.1) is 0 Å². The van der Waals surface area contributed by atoms with Gasteiger partial charge in [0.25, 0.3) is 0 Å². The summed E-state index contributed by atoms with van der Waals surface area (Å²) in [6, 6.07) is 7.44. The summed E-state index contributed by atoms with van der Waals surface area (Å²) in [6.07, 6.45) is 2.58. The number of anilines is 1. The van der Waals surface area contributed by atoms with Crippen LogP contribution in [0.15, 0.2) is 30.5 Å². The molecule has 102 valence electrons. The fourth-order valence-electron chi connectivity index (χ4n) is 1.89. The first-order chi connectivity index (χ1) is 8.99. The lowest BCUT2D eigenvalue weighted by molar-refractivity contribution is -0.116. The van der Waals surface area contributed by atoms with Crippen LogP contribution in [-0.2, 0) is 9.59 Å². The van der Waals surface area contributed by atoms with Crippen LogP contribution in [-0.4, -0.2) is 37.7 Å². The van der Waals surface area contributed by atoms with Crippen molar-refractivity contribution in [3.05, 3.63) is 36.0 Å². The Morgan fingerprint density at radius 2 is 2.00 bits per heavy atom. The molecule has 4 nitrogen and oxygen atoms in total. The maximum absolute atomic E-state index is 11.5. The Kier molecular flexibility index (Phi) is 5.30. The second-order valence-corrected chi connectivity index (χ2v) is 4.48. The molecular formula is C15H20N2O2. The first-order valence-corrected chi connectivity index (χ1v) is 6.21. The Balaban J connectivity index is 3.19. The third kappa shape index (κ3) is 3.95. The zero-order valence-corrected chi connectivity index (χ0v) is 11.9. The average molecular weight is 260 g/mol. The van der Waals surface area contributed by atoms with Gasteiger partial charge in [0.1, 0.15) is 0 Å². The van der Waals surface area contributed by atoms with Crippen LogP contribution >= 0.6 is 0 Å². The van der Waals surface area contributed by atoms with Gasteiger partial charge in [0.15, 0.2) is 6.29 Å². The maximum atomic E-state index is 11.5. The van der Waals surface area contributed by atoms with Crippen molar-refractivity contribution in [2.24, 2.45) is 0 Å². The van der Waals surface area contributed by atoms with E-state index in [1.807, 2.05) is 50.2 Å². The van der Waals surface area contributed by atoms with E-state index in [-0.39, 0.29) is 5.91 Å².